The molecule has 1 amide bonds. The molecule has 4 rings (SSSR count). The molecule has 0 aliphatic carbocycles. The van der Waals surface area contributed by atoms with Crippen LogP contribution in [0, 0.1) is 0 Å². The lowest BCUT2D eigenvalue weighted by atomic mass is 10.1. The van der Waals surface area contributed by atoms with Gasteiger partial charge >= 0.3 is 6.18 Å². The van der Waals surface area contributed by atoms with E-state index in [0.717, 1.165) is 29.8 Å². The molecule has 0 radical (unpaired) electrons. The number of aliphatic hydroxyl groups excluding tert-OH is 1. The van der Waals surface area contributed by atoms with Gasteiger partial charge in [-0.05, 0) is 73.8 Å². The standard InChI is InChI=1S/C28H25BrF3N3O.CH4O/c1-34(2)18-17-33-27(36)21-9-7-19(8-10-21)24-15-16-25(20-11-13-22(29)14-12-20)35(24)26-6-4-3-5-23(26)28(30,31)32;1-2/h3-16H,17-18H2,1-2H3,(H,33,36);2H,1H3. The van der Waals surface area contributed by atoms with E-state index in [2.05, 4.69) is 21.2 Å². The molecule has 0 aliphatic rings. The number of rotatable bonds is 7. The average molecular weight is 588 g/mol. The zero-order valence-corrected chi connectivity index (χ0v) is 22.8. The SMILES string of the molecule is CN(C)CCNC(=O)c1ccc(-c2ccc(-c3ccc(Br)cc3)n2-c2ccccc2C(F)(F)F)cc1.CO. The summed E-state index contributed by atoms with van der Waals surface area (Å²) >= 11 is 3.41. The molecule has 5 nitrogen and oxygen atoms in total. The van der Waals surface area contributed by atoms with Crippen LogP contribution in [0.1, 0.15) is 15.9 Å². The van der Waals surface area contributed by atoms with Crippen molar-refractivity contribution in [2.24, 2.45) is 0 Å². The van der Waals surface area contributed by atoms with Crippen LogP contribution in [0.4, 0.5) is 13.2 Å². The molecule has 0 unspecified atom stereocenters. The summed E-state index contributed by atoms with van der Waals surface area (Å²) in [4.78, 5) is 14.4. The Morgan fingerprint density at radius 3 is 1.92 bits per heavy atom. The van der Waals surface area contributed by atoms with E-state index in [9.17, 15) is 18.0 Å². The number of nitrogens with zero attached hydrogens (tertiary/aromatic N) is 2. The Bertz CT molecular complexity index is 1350. The van der Waals surface area contributed by atoms with Crippen LogP contribution in [0.15, 0.2) is 89.4 Å². The largest absolute Gasteiger partial charge is 0.418 e. The molecule has 4 aromatic rings. The second kappa shape index (κ2) is 12.9. The molecular weight excluding hydrogens is 559 g/mol. The van der Waals surface area contributed by atoms with Crippen molar-refractivity contribution >= 4 is 21.8 Å². The molecule has 0 spiro atoms. The quantitative estimate of drug-likeness (QED) is 0.260. The minimum atomic E-state index is -4.52. The van der Waals surface area contributed by atoms with E-state index in [4.69, 9.17) is 5.11 Å². The van der Waals surface area contributed by atoms with E-state index < -0.39 is 11.7 Å². The normalized spacial score (nSPS) is 11.2. The molecule has 0 fully saturated rings. The number of aliphatic hydroxyl groups is 1. The Balaban J connectivity index is 0.00000195. The number of hydrogen-bond donors (Lipinski definition) is 2. The molecule has 3 aromatic carbocycles. The Kier molecular flexibility index (Phi) is 9.90. The van der Waals surface area contributed by atoms with Gasteiger partial charge in [-0.25, -0.2) is 0 Å². The van der Waals surface area contributed by atoms with Gasteiger partial charge in [-0.1, -0.05) is 52.3 Å². The van der Waals surface area contributed by atoms with Gasteiger partial charge < -0.3 is 19.9 Å². The number of amides is 1. The van der Waals surface area contributed by atoms with Crippen molar-refractivity contribution in [1.29, 1.82) is 0 Å². The Morgan fingerprint density at radius 2 is 1.39 bits per heavy atom. The van der Waals surface area contributed by atoms with Gasteiger partial charge in [0.2, 0.25) is 0 Å². The molecule has 1 heterocycles. The summed E-state index contributed by atoms with van der Waals surface area (Å²) in [6, 6.07) is 23.5. The number of likely N-dealkylation sites (N-methyl/N-ethyl adjacent to an activating group) is 1. The first kappa shape index (κ1) is 29.2. The van der Waals surface area contributed by atoms with Gasteiger partial charge in [0, 0.05) is 30.2 Å². The van der Waals surface area contributed by atoms with Crippen LogP contribution in [-0.4, -0.2) is 54.8 Å². The summed E-state index contributed by atoms with van der Waals surface area (Å²) in [6.45, 7) is 1.23. The number of nitrogens with one attached hydrogen (secondary N) is 1. The smallest absolute Gasteiger partial charge is 0.400 e. The predicted octanol–water partition coefficient (Wildman–Crippen LogP) is 6.49. The van der Waals surface area contributed by atoms with Crippen LogP contribution >= 0.6 is 15.9 Å². The van der Waals surface area contributed by atoms with Crippen LogP contribution in [-0.2, 0) is 6.18 Å². The first-order valence-corrected chi connectivity index (χ1v) is 12.6. The molecule has 0 atom stereocenters. The van der Waals surface area contributed by atoms with Crippen LogP contribution < -0.4 is 5.32 Å². The summed E-state index contributed by atoms with van der Waals surface area (Å²) in [7, 11) is 4.85. The highest BCUT2D eigenvalue weighted by Gasteiger charge is 2.34. The van der Waals surface area contributed by atoms with Crippen molar-refractivity contribution in [3.05, 3.63) is 101 Å². The monoisotopic (exact) mass is 587 g/mol. The number of halogens is 4. The molecule has 38 heavy (non-hydrogen) atoms. The first-order chi connectivity index (χ1) is 18.1. The number of para-hydroxylation sites is 1. The first-order valence-electron chi connectivity index (χ1n) is 11.8. The maximum atomic E-state index is 14.0. The Labute approximate surface area is 228 Å². The van der Waals surface area contributed by atoms with Crippen molar-refractivity contribution in [3.63, 3.8) is 0 Å². The molecule has 0 saturated carbocycles. The highest BCUT2D eigenvalue weighted by Crippen LogP contribution is 2.39. The zero-order chi connectivity index (χ0) is 27.9. The highest BCUT2D eigenvalue weighted by molar-refractivity contribution is 9.10. The van der Waals surface area contributed by atoms with Crippen LogP contribution in [0.3, 0.4) is 0 Å². The third-order valence-electron chi connectivity index (χ3n) is 5.76. The van der Waals surface area contributed by atoms with E-state index in [0.29, 0.717) is 29.1 Å². The number of carbonyl (C=O) groups is 1. The molecule has 1 aromatic heterocycles. The molecule has 0 aliphatic heterocycles. The van der Waals surface area contributed by atoms with Gasteiger partial charge in [-0.15, -0.1) is 0 Å². The van der Waals surface area contributed by atoms with Gasteiger partial charge in [0.25, 0.3) is 5.91 Å². The number of benzene rings is 3. The van der Waals surface area contributed by atoms with Gasteiger partial charge in [-0.3, -0.25) is 4.79 Å². The molecule has 0 bridgehead atoms. The summed E-state index contributed by atoms with van der Waals surface area (Å²) < 4.78 is 44.5. The maximum absolute atomic E-state index is 14.0. The Hall–Kier alpha value is -3.40. The van der Waals surface area contributed by atoms with Gasteiger partial charge in [0.15, 0.2) is 0 Å². The van der Waals surface area contributed by atoms with Crippen molar-refractivity contribution in [2.45, 2.75) is 6.18 Å². The fraction of sp³-hybridized carbons (Fsp3) is 0.207. The summed E-state index contributed by atoms with van der Waals surface area (Å²) in [5.41, 5.74) is 2.48. The average Bonchev–Trinajstić information content (AvgIpc) is 3.34. The molecule has 200 valence electrons. The van der Waals surface area contributed by atoms with Crippen LogP contribution in [0.25, 0.3) is 28.2 Å². The van der Waals surface area contributed by atoms with Crippen molar-refractivity contribution in [1.82, 2.24) is 14.8 Å². The maximum Gasteiger partial charge on any atom is 0.418 e. The fourth-order valence-electron chi connectivity index (χ4n) is 3.96. The van der Waals surface area contributed by atoms with E-state index in [-0.39, 0.29) is 11.6 Å². The lowest BCUT2D eigenvalue weighted by Crippen LogP contribution is -2.31. The van der Waals surface area contributed by atoms with Crippen molar-refractivity contribution in [3.8, 4) is 28.2 Å². The second-order valence-corrected chi connectivity index (χ2v) is 9.51. The highest BCUT2D eigenvalue weighted by atomic mass is 79.9. The van der Waals surface area contributed by atoms with E-state index in [1.807, 2.05) is 49.3 Å². The number of carbonyl (C=O) groups excluding carboxylic acids is 1. The van der Waals surface area contributed by atoms with E-state index in [1.54, 1.807) is 41.0 Å². The lowest BCUT2D eigenvalue weighted by molar-refractivity contribution is -0.137. The van der Waals surface area contributed by atoms with Crippen LogP contribution in [0.5, 0.6) is 0 Å². The third kappa shape index (κ3) is 6.92. The second-order valence-electron chi connectivity index (χ2n) is 8.60. The zero-order valence-electron chi connectivity index (χ0n) is 21.3. The minimum absolute atomic E-state index is 0.0356. The van der Waals surface area contributed by atoms with Crippen molar-refractivity contribution in [2.75, 3.05) is 34.3 Å². The summed E-state index contributed by atoms with van der Waals surface area (Å²) in [5, 5.41) is 9.87. The van der Waals surface area contributed by atoms with Gasteiger partial charge in [-0.2, -0.15) is 13.2 Å². The van der Waals surface area contributed by atoms with Gasteiger partial charge in [0.05, 0.1) is 22.6 Å². The molecule has 0 saturated heterocycles. The van der Waals surface area contributed by atoms with Crippen LogP contribution in [0.2, 0.25) is 0 Å². The molecule has 9 heteroatoms. The molecular formula is C29H29BrF3N3O2. The fourth-order valence-corrected chi connectivity index (χ4v) is 4.23. The topological polar surface area (TPSA) is 57.5 Å². The van der Waals surface area contributed by atoms with E-state index in [1.165, 1.54) is 12.1 Å². The predicted molar refractivity (Wildman–Crippen MR) is 148 cm³/mol. The summed E-state index contributed by atoms with van der Waals surface area (Å²) in [5.74, 6) is -0.197. The lowest BCUT2D eigenvalue weighted by Gasteiger charge is -2.19. The number of hydrogen-bond acceptors (Lipinski definition) is 3. The molecule has 2 N–H and O–H groups in total. The van der Waals surface area contributed by atoms with Gasteiger partial charge in [0.1, 0.15) is 0 Å². The van der Waals surface area contributed by atoms with Crippen molar-refractivity contribution < 1.29 is 23.1 Å². The summed E-state index contributed by atoms with van der Waals surface area (Å²) in [6.07, 6.45) is -4.52. The number of alkyl halides is 3. The Morgan fingerprint density at radius 1 is 0.868 bits per heavy atom. The third-order valence-corrected chi connectivity index (χ3v) is 6.29. The number of aromatic nitrogens is 1. The van der Waals surface area contributed by atoms with E-state index >= 15 is 0 Å². The minimum Gasteiger partial charge on any atom is -0.400 e.